The molecule has 0 rings (SSSR count). The molecule has 0 radical (unpaired) electrons. The van der Waals surface area contributed by atoms with E-state index in [0.29, 0.717) is 32.6 Å². The molecule has 0 atom stereocenters. The molecule has 0 aliphatic rings. The Labute approximate surface area is 129 Å². The van der Waals surface area contributed by atoms with E-state index in [1.165, 1.54) is 0 Å². The van der Waals surface area contributed by atoms with E-state index in [1.807, 2.05) is 6.92 Å². The number of hydrogen-bond acceptors (Lipinski definition) is 4. The predicted octanol–water partition coefficient (Wildman–Crippen LogP) is 3.24. The van der Waals surface area contributed by atoms with Crippen molar-refractivity contribution in [3.8, 4) is 0 Å². The van der Waals surface area contributed by atoms with Crippen molar-refractivity contribution in [2.45, 2.75) is 64.0 Å². The molecule has 0 aromatic heterocycles. The van der Waals surface area contributed by atoms with Gasteiger partial charge in [-0.25, -0.2) is 0 Å². The maximum absolute atomic E-state index is 12.2. The van der Waals surface area contributed by atoms with Gasteiger partial charge in [-0.05, 0) is 0 Å². The van der Waals surface area contributed by atoms with Crippen LogP contribution in [-0.2, 0) is 19.1 Å². The van der Waals surface area contributed by atoms with Gasteiger partial charge >= 0.3 is 129 Å². The van der Waals surface area contributed by atoms with Gasteiger partial charge in [0.05, 0.1) is 0 Å². The molecule has 0 unspecified atom stereocenters. The van der Waals surface area contributed by atoms with Crippen LogP contribution in [0.4, 0.5) is 0 Å². The topological polar surface area (TPSA) is 52.6 Å². The van der Waals surface area contributed by atoms with Gasteiger partial charge in [0, 0.05) is 0 Å². The molecule has 0 aromatic rings. The summed E-state index contributed by atoms with van der Waals surface area (Å²) < 4.78 is 10.2. The molecule has 0 saturated carbocycles. The number of hydrogen-bond donors (Lipinski definition) is 0. The van der Waals surface area contributed by atoms with Gasteiger partial charge in [-0.15, -0.1) is 0 Å². The standard InChI is InChI=1S/C15H28O4Se/c1-6-15(13(16)18-7-2,14(17)19-8-3)10-9-11-20-12(4)5/h12H,6-11H2,1-5H3. The number of carbonyl (C=O) groups is 2. The second kappa shape index (κ2) is 10.2. The Bertz CT molecular complexity index is 284. The van der Waals surface area contributed by atoms with Crippen LogP contribution in [0.3, 0.4) is 0 Å². The molecule has 0 spiro atoms. The summed E-state index contributed by atoms with van der Waals surface area (Å²) in [4.78, 5) is 25.1. The molecule has 4 nitrogen and oxygen atoms in total. The zero-order valence-electron chi connectivity index (χ0n) is 13.4. The maximum atomic E-state index is 12.2. The number of carbonyl (C=O) groups excluding carboxylic acids is 2. The van der Waals surface area contributed by atoms with Crippen LogP contribution in [0.1, 0.15) is 53.9 Å². The summed E-state index contributed by atoms with van der Waals surface area (Å²) in [6, 6.07) is 0. The zero-order valence-corrected chi connectivity index (χ0v) is 15.1. The van der Waals surface area contributed by atoms with E-state index in [2.05, 4.69) is 13.8 Å². The molecule has 0 aromatic carbocycles. The van der Waals surface area contributed by atoms with Crippen molar-refractivity contribution in [3.63, 3.8) is 0 Å². The van der Waals surface area contributed by atoms with Crippen LogP contribution < -0.4 is 0 Å². The van der Waals surface area contributed by atoms with Crippen molar-refractivity contribution in [3.05, 3.63) is 0 Å². The molecule has 0 aliphatic carbocycles. The summed E-state index contributed by atoms with van der Waals surface area (Å²) in [5.74, 6) is -0.865. The fourth-order valence-corrected chi connectivity index (χ4v) is 3.63. The van der Waals surface area contributed by atoms with E-state index in [0.717, 1.165) is 11.7 Å². The second-order valence-corrected chi connectivity index (χ2v) is 8.43. The molecule has 0 heterocycles. The minimum absolute atomic E-state index is 0.288. The normalized spacial score (nSPS) is 11.5. The molecule has 118 valence electrons. The fourth-order valence-electron chi connectivity index (χ4n) is 1.98. The Morgan fingerprint density at radius 1 is 1.05 bits per heavy atom. The van der Waals surface area contributed by atoms with Gasteiger partial charge in [0.1, 0.15) is 0 Å². The van der Waals surface area contributed by atoms with Crippen LogP contribution in [0.2, 0.25) is 10.1 Å². The zero-order chi connectivity index (χ0) is 15.6. The van der Waals surface area contributed by atoms with E-state index < -0.39 is 17.4 Å². The van der Waals surface area contributed by atoms with Gasteiger partial charge in [0.25, 0.3) is 0 Å². The van der Waals surface area contributed by atoms with Crippen molar-refractivity contribution in [1.29, 1.82) is 0 Å². The SMILES string of the molecule is CCOC(=O)C(CC)(CCC[Se]C(C)C)C(=O)OCC. The van der Waals surface area contributed by atoms with Crippen LogP contribution in [0.5, 0.6) is 0 Å². The molecule has 0 saturated heterocycles. The van der Waals surface area contributed by atoms with Crippen molar-refractivity contribution < 1.29 is 19.1 Å². The third-order valence-electron chi connectivity index (χ3n) is 3.13. The first-order chi connectivity index (χ1) is 9.44. The molecule has 0 N–H and O–H groups in total. The molecular weight excluding hydrogens is 323 g/mol. The molecule has 0 fully saturated rings. The van der Waals surface area contributed by atoms with Crippen LogP contribution in [-0.4, -0.2) is 40.1 Å². The van der Waals surface area contributed by atoms with Crippen molar-refractivity contribution in [2.24, 2.45) is 5.41 Å². The van der Waals surface area contributed by atoms with Gasteiger partial charge in [0.2, 0.25) is 0 Å². The Kier molecular flexibility index (Phi) is 9.95. The molecular formula is C15H28O4Se. The van der Waals surface area contributed by atoms with Gasteiger partial charge in [-0.2, -0.15) is 0 Å². The average molecular weight is 351 g/mol. The summed E-state index contributed by atoms with van der Waals surface area (Å²) in [6.45, 7) is 10.3. The average Bonchev–Trinajstić information content (AvgIpc) is 2.39. The number of esters is 2. The Morgan fingerprint density at radius 2 is 1.55 bits per heavy atom. The summed E-state index contributed by atoms with van der Waals surface area (Å²) in [5, 5.41) is 1.07. The van der Waals surface area contributed by atoms with E-state index in [-0.39, 0.29) is 13.2 Å². The minimum atomic E-state index is -1.11. The first-order valence-electron chi connectivity index (χ1n) is 7.40. The van der Waals surface area contributed by atoms with Gasteiger partial charge in [0.15, 0.2) is 0 Å². The summed E-state index contributed by atoms with van der Waals surface area (Å²) in [5.41, 5.74) is -1.11. The molecule has 0 bridgehead atoms. The number of ether oxygens (including phenoxy) is 2. The molecule has 0 aliphatic heterocycles. The molecule has 5 heteroatoms. The third-order valence-corrected chi connectivity index (χ3v) is 5.63. The van der Waals surface area contributed by atoms with Crippen LogP contribution >= 0.6 is 0 Å². The van der Waals surface area contributed by atoms with Gasteiger partial charge in [-0.3, -0.25) is 0 Å². The summed E-state index contributed by atoms with van der Waals surface area (Å²) >= 11 is 0.558. The molecule has 0 amide bonds. The van der Waals surface area contributed by atoms with E-state index in [9.17, 15) is 9.59 Å². The summed E-state index contributed by atoms with van der Waals surface area (Å²) in [6.07, 6.45) is 1.82. The summed E-state index contributed by atoms with van der Waals surface area (Å²) in [7, 11) is 0. The van der Waals surface area contributed by atoms with E-state index in [4.69, 9.17) is 9.47 Å². The second-order valence-electron chi connectivity index (χ2n) is 4.90. The van der Waals surface area contributed by atoms with Gasteiger partial charge < -0.3 is 0 Å². The van der Waals surface area contributed by atoms with Crippen molar-refractivity contribution in [1.82, 2.24) is 0 Å². The van der Waals surface area contributed by atoms with Crippen LogP contribution in [0.25, 0.3) is 0 Å². The third kappa shape index (κ3) is 5.84. The molecule has 20 heavy (non-hydrogen) atoms. The van der Waals surface area contributed by atoms with Crippen molar-refractivity contribution >= 4 is 26.9 Å². The van der Waals surface area contributed by atoms with Crippen molar-refractivity contribution in [2.75, 3.05) is 13.2 Å². The quantitative estimate of drug-likeness (QED) is 0.262. The fraction of sp³-hybridized carbons (Fsp3) is 0.867. The van der Waals surface area contributed by atoms with E-state index in [1.54, 1.807) is 13.8 Å². The monoisotopic (exact) mass is 352 g/mol. The van der Waals surface area contributed by atoms with Crippen LogP contribution in [0, 0.1) is 5.41 Å². The number of rotatable bonds is 10. The first-order valence-corrected chi connectivity index (χ1v) is 9.60. The Balaban J connectivity index is 4.82. The first kappa shape index (κ1) is 19.5. The predicted molar refractivity (Wildman–Crippen MR) is 80.9 cm³/mol. The van der Waals surface area contributed by atoms with Crippen LogP contribution in [0.15, 0.2) is 0 Å². The van der Waals surface area contributed by atoms with E-state index >= 15 is 0 Å². The Morgan fingerprint density at radius 3 is 1.90 bits per heavy atom. The Hall–Kier alpha value is -0.541. The van der Waals surface area contributed by atoms with Gasteiger partial charge in [-0.1, -0.05) is 0 Å².